The van der Waals surface area contributed by atoms with E-state index in [1.807, 2.05) is 0 Å². The van der Waals surface area contributed by atoms with Crippen LogP contribution in [0.1, 0.15) is 25.7 Å². The second-order valence-electron chi connectivity index (χ2n) is 4.90. The summed E-state index contributed by atoms with van der Waals surface area (Å²) in [7, 11) is 0. The quantitative estimate of drug-likeness (QED) is 0.897. The van der Waals surface area contributed by atoms with Gasteiger partial charge in [-0.3, -0.25) is 4.79 Å². The molecule has 2 rings (SSSR count). The van der Waals surface area contributed by atoms with Crippen LogP contribution in [0.4, 0.5) is 14.5 Å². The molecule has 1 fully saturated rings. The predicted octanol–water partition coefficient (Wildman–Crippen LogP) is 3.10. The van der Waals surface area contributed by atoms with E-state index in [0.29, 0.717) is 12.3 Å². The van der Waals surface area contributed by atoms with Crippen LogP contribution in [0.3, 0.4) is 0 Å². The molecule has 0 bridgehead atoms. The van der Waals surface area contributed by atoms with Crippen LogP contribution in [-0.4, -0.2) is 19.0 Å². The van der Waals surface area contributed by atoms with Crippen LogP contribution in [0.25, 0.3) is 0 Å². The van der Waals surface area contributed by atoms with Gasteiger partial charge in [0.15, 0.2) is 0 Å². The van der Waals surface area contributed by atoms with Crippen molar-refractivity contribution in [1.29, 1.82) is 0 Å². The molecule has 0 unspecified atom stereocenters. The molecule has 0 spiro atoms. The van der Waals surface area contributed by atoms with Gasteiger partial charge in [0.1, 0.15) is 11.6 Å². The minimum absolute atomic E-state index is 0. The van der Waals surface area contributed by atoms with Crippen LogP contribution in [0.15, 0.2) is 18.2 Å². The number of carbonyl (C=O) groups is 1. The van der Waals surface area contributed by atoms with Gasteiger partial charge in [-0.1, -0.05) is 0 Å². The topological polar surface area (TPSA) is 41.1 Å². The summed E-state index contributed by atoms with van der Waals surface area (Å²) in [6.45, 7) is 2.00. The van der Waals surface area contributed by atoms with Gasteiger partial charge in [-0.05, 0) is 50.4 Å². The molecular weight excluding hydrogens is 286 g/mol. The molecule has 1 heterocycles. The van der Waals surface area contributed by atoms with Crippen molar-refractivity contribution in [3.05, 3.63) is 29.8 Å². The number of benzene rings is 1. The Kier molecular flexibility index (Phi) is 6.88. The summed E-state index contributed by atoms with van der Waals surface area (Å²) in [5.74, 6) is -1.05. The summed E-state index contributed by atoms with van der Waals surface area (Å²) in [5.41, 5.74) is 0.0386. The highest BCUT2D eigenvalue weighted by atomic mass is 35.5. The van der Waals surface area contributed by atoms with Crippen molar-refractivity contribution < 1.29 is 13.6 Å². The molecule has 1 aliphatic rings. The number of halogens is 3. The molecule has 1 aromatic carbocycles. The van der Waals surface area contributed by atoms with Gasteiger partial charge in [0.25, 0.3) is 0 Å². The van der Waals surface area contributed by atoms with E-state index in [-0.39, 0.29) is 24.0 Å². The molecule has 0 aromatic heterocycles. The average molecular weight is 305 g/mol. The number of hydrogen-bond acceptors (Lipinski definition) is 2. The van der Waals surface area contributed by atoms with Crippen LogP contribution in [-0.2, 0) is 4.79 Å². The number of rotatable bonds is 4. The molecule has 1 amide bonds. The standard InChI is InChI=1S/C14H18F2N2O.ClH/c15-11-2-3-13(12(16)9-11)18-14(19)4-1-10-5-7-17-8-6-10;/h2-3,9-10,17H,1,4-8H2,(H,18,19);1H. The molecule has 1 aliphatic heterocycles. The Hall–Kier alpha value is -1.20. The van der Waals surface area contributed by atoms with Crippen molar-refractivity contribution in [2.24, 2.45) is 5.92 Å². The smallest absolute Gasteiger partial charge is 0.224 e. The molecule has 20 heavy (non-hydrogen) atoms. The van der Waals surface area contributed by atoms with Gasteiger partial charge in [0, 0.05) is 12.5 Å². The molecule has 0 atom stereocenters. The minimum atomic E-state index is -0.741. The molecular formula is C14H19ClF2N2O. The van der Waals surface area contributed by atoms with Crippen LogP contribution >= 0.6 is 12.4 Å². The van der Waals surface area contributed by atoms with Crippen molar-refractivity contribution in [3.8, 4) is 0 Å². The maximum atomic E-state index is 13.3. The van der Waals surface area contributed by atoms with Crippen LogP contribution < -0.4 is 10.6 Å². The summed E-state index contributed by atoms with van der Waals surface area (Å²) in [5, 5.41) is 5.75. The molecule has 6 heteroatoms. The fraction of sp³-hybridized carbons (Fsp3) is 0.500. The number of amides is 1. The highest BCUT2D eigenvalue weighted by Gasteiger charge is 2.15. The molecule has 3 nitrogen and oxygen atoms in total. The Morgan fingerprint density at radius 2 is 2.00 bits per heavy atom. The highest BCUT2D eigenvalue weighted by molar-refractivity contribution is 5.90. The van der Waals surface area contributed by atoms with Crippen molar-refractivity contribution in [1.82, 2.24) is 5.32 Å². The number of piperidine rings is 1. The maximum Gasteiger partial charge on any atom is 0.224 e. The Labute approximate surface area is 123 Å². The van der Waals surface area contributed by atoms with Gasteiger partial charge in [0.05, 0.1) is 5.69 Å². The predicted molar refractivity (Wildman–Crippen MR) is 77.1 cm³/mol. The van der Waals surface area contributed by atoms with Crippen molar-refractivity contribution in [2.45, 2.75) is 25.7 Å². The van der Waals surface area contributed by atoms with E-state index in [9.17, 15) is 13.6 Å². The fourth-order valence-electron chi connectivity index (χ4n) is 2.31. The number of nitrogens with one attached hydrogen (secondary N) is 2. The van der Waals surface area contributed by atoms with E-state index in [1.54, 1.807) is 0 Å². The SMILES string of the molecule is Cl.O=C(CCC1CCNCC1)Nc1ccc(F)cc1F. The van der Waals surface area contributed by atoms with Crippen molar-refractivity contribution >= 4 is 24.0 Å². The van der Waals surface area contributed by atoms with E-state index < -0.39 is 11.6 Å². The van der Waals surface area contributed by atoms with E-state index >= 15 is 0 Å². The zero-order valence-electron chi connectivity index (χ0n) is 11.1. The normalized spacial score (nSPS) is 15.5. The van der Waals surface area contributed by atoms with Gasteiger partial charge < -0.3 is 10.6 Å². The molecule has 112 valence electrons. The summed E-state index contributed by atoms with van der Waals surface area (Å²) in [6.07, 6.45) is 3.36. The Morgan fingerprint density at radius 3 is 2.65 bits per heavy atom. The highest BCUT2D eigenvalue weighted by Crippen LogP contribution is 2.19. The van der Waals surface area contributed by atoms with Crippen LogP contribution in [0, 0.1) is 17.6 Å². The monoisotopic (exact) mass is 304 g/mol. The van der Waals surface area contributed by atoms with Crippen molar-refractivity contribution in [3.63, 3.8) is 0 Å². The lowest BCUT2D eigenvalue weighted by Crippen LogP contribution is -2.28. The molecule has 2 N–H and O–H groups in total. The molecule has 0 radical (unpaired) electrons. The van der Waals surface area contributed by atoms with Crippen molar-refractivity contribution in [2.75, 3.05) is 18.4 Å². The molecule has 1 aromatic rings. The van der Waals surface area contributed by atoms with E-state index in [4.69, 9.17) is 0 Å². The number of anilines is 1. The zero-order valence-corrected chi connectivity index (χ0v) is 11.9. The average Bonchev–Trinajstić information content (AvgIpc) is 2.41. The van der Waals surface area contributed by atoms with E-state index in [0.717, 1.165) is 44.5 Å². The van der Waals surface area contributed by atoms with Crippen LogP contribution in [0.2, 0.25) is 0 Å². The maximum absolute atomic E-state index is 13.3. The number of hydrogen-bond donors (Lipinski definition) is 2. The largest absolute Gasteiger partial charge is 0.324 e. The molecule has 1 saturated heterocycles. The first-order valence-electron chi connectivity index (χ1n) is 6.61. The van der Waals surface area contributed by atoms with E-state index in [2.05, 4.69) is 10.6 Å². The van der Waals surface area contributed by atoms with Gasteiger partial charge in [0.2, 0.25) is 5.91 Å². The van der Waals surface area contributed by atoms with Crippen LogP contribution in [0.5, 0.6) is 0 Å². The third-order valence-corrected chi connectivity index (χ3v) is 3.44. The molecule has 0 aliphatic carbocycles. The lowest BCUT2D eigenvalue weighted by molar-refractivity contribution is -0.116. The van der Waals surface area contributed by atoms with Gasteiger partial charge in [-0.2, -0.15) is 0 Å². The zero-order chi connectivity index (χ0) is 13.7. The lowest BCUT2D eigenvalue weighted by Gasteiger charge is -2.22. The summed E-state index contributed by atoms with van der Waals surface area (Å²) in [6, 6.07) is 3.14. The molecule has 0 saturated carbocycles. The summed E-state index contributed by atoms with van der Waals surface area (Å²) < 4.78 is 26.1. The first-order chi connectivity index (χ1) is 9.15. The fourth-order valence-corrected chi connectivity index (χ4v) is 2.31. The second kappa shape index (κ2) is 8.17. The Balaban J connectivity index is 0.00000200. The Morgan fingerprint density at radius 1 is 1.30 bits per heavy atom. The number of carbonyl (C=O) groups excluding carboxylic acids is 1. The van der Waals surface area contributed by atoms with E-state index in [1.165, 1.54) is 6.07 Å². The van der Waals surface area contributed by atoms with Gasteiger partial charge in [-0.15, -0.1) is 12.4 Å². The van der Waals surface area contributed by atoms with Gasteiger partial charge >= 0.3 is 0 Å². The summed E-state index contributed by atoms with van der Waals surface area (Å²) in [4.78, 5) is 11.7. The first kappa shape index (κ1) is 16.9. The lowest BCUT2D eigenvalue weighted by atomic mass is 9.93. The minimum Gasteiger partial charge on any atom is -0.324 e. The first-order valence-corrected chi connectivity index (χ1v) is 6.61. The third kappa shape index (κ3) is 5.06. The second-order valence-corrected chi connectivity index (χ2v) is 4.90. The third-order valence-electron chi connectivity index (χ3n) is 3.44. The summed E-state index contributed by atoms with van der Waals surface area (Å²) >= 11 is 0. The Bertz CT molecular complexity index is 451. The van der Waals surface area contributed by atoms with Gasteiger partial charge in [-0.25, -0.2) is 8.78 Å².